The monoisotopic (exact) mass is 185 g/mol. The zero-order chi connectivity index (χ0) is 9.84. The van der Waals surface area contributed by atoms with Crippen LogP contribution in [0.1, 0.15) is 30.2 Å². The Morgan fingerprint density at radius 3 is 2.92 bits per heavy atom. The Labute approximate surface area is 75.3 Å². The molecule has 1 heterocycles. The van der Waals surface area contributed by atoms with E-state index < -0.39 is 5.97 Å². The Morgan fingerprint density at radius 2 is 2.46 bits per heavy atom. The third-order valence-corrected chi connectivity index (χ3v) is 1.31. The summed E-state index contributed by atoms with van der Waals surface area (Å²) in [6, 6.07) is 0. The van der Waals surface area contributed by atoms with Gasteiger partial charge in [0, 0.05) is 0 Å². The molecule has 1 N–H and O–H groups in total. The largest absolute Gasteiger partial charge is 0.476 e. The van der Waals surface area contributed by atoms with Crippen LogP contribution in [0.15, 0.2) is 10.7 Å². The van der Waals surface area contributed by atoms with E-state index in [4.69, 9.17) is 14.3 Å². The first kappa shape index (κ1) is 9.73. The first-order valence-electron chi connectivity index (χ1n) is 3.89. The van der Waals surface area contributed by atoms with Gasteiger partial charge >= 0.3 is 5.97 Å². The summed E-state index contributed by atoms with van der Waals surface area (Å²) in [5, 5.41) is 8.51. The standard InChI is InChI=1S/C8H11NO4/c1-5(2)12-4-7-9-6(3-13-7)8(10)11/h3,5H,4H2,1-2H3,(H,10,11). The second-order valence-electron chi connectivity index (χ2n) is 2.79. The number of nitrogens with zero attached hydrogens (tertiary/aromatic N) is 1. The van der Waals surface area contributed by atoms with Crippen LogP contribution < -0.4 is 0 Å². The molecule has 0 saturated heterocycles. The van der Waals surface area contributed by atoms with E-state index in [0.29, 0.717) is 0 Å². The van der Waals surface area contributed by atoms with Crippen LogP contribution in [-0.2, 0) is 11.3 Å². The number of ether oxygens (including phenoxy) is 1. The third kappa shape index (κ3) is 2.87. The summed E-state index contributed by atoms with van der Waals surface area (Å²) in [5.74, 6) is -0.814. The lowest BCUT2D eigenvalue weighted by Crippen LogP contribution is -2.03. The van der Waals surface area contributed by atoms with Crippen LogP contribution in [0.4, 0.5) is 0 Å². The Bertz CT molecular complexity index is 292. The molecule has 0 bridgehead atoms. The average molecular weight is 185 g/mol. The Kier molecular flexibility index (Phi) is 3.02. The van der Waals surface area contributed by atoms with Crippen molar-refractivity contribution in [1.82, 2.24) is 4.98 Å². The zero-order valence-corrected chi connectivity index (χ0v) is 7.48. The number of aromatic carboxylic acids is 1. The minimum absolute atomic E-state index is 0.0696. The van der Waals surface area contributed by atoms with E-state index >= 15 is 0 Å². The second-order valence-corrected chi connectivity index (χ2v) is 2.79. The molecule has 1 aromatic heterocycles. The summed E-state index contributed by atoms with van der Waals surface area (Å²) in [6.45, 7) is 3.95. The van der Waals surface area contributed by atoms with Crippen molar-refractivity contribution in [3.05, 3.63) is 17.8 Å². The molecule has 72 valence electrons. The number of carboxylic acids is 1. The lowest BCUT2D eigenvalue weighted by molar-refractivity contribution is 0.0516. The molecule has 0 unspecified atom stereocenters. The number of carbonyl (C=O) groups is 1. The van der Waals surface area contributed by atoms with E-state index in [-0.39, 0.29) is 24.3 Å². The van der Waals surface area contributed by atoms with Crippen LogP contribution in [0.3, 0.4) is 0 Å². The van der Waals surface area contributed by atoms with Crippen molar-refractivity contribution in [2.75, 3.05) is 0 Å². The molecular weight excluding hydrogens is 174 g/mol. The molecule has 0 radical (unpaired) electrons. The van der Waals surface area contributed by atoms with Crippen LogP contribution in [0.2, 0.25) is 0 Å². The van der Waals surface area contributed by atoms with Gasteiger partial charge in [-0.1, -0.05) is 0 Å². The fourth-order valence-corrected chi connectivity index (χ4v) is 0.713. The SMILES string of the molecule is CC(C)OCc1nc(C(=O)O)co1. The fraction of sp³-hybridized carbons (Fsp3) is 0.500. The summed E-state index contributed by atoms with van der Waals surface area (Å²) in [7, 11) is 0. The lowest BCUT2D eigenvalue weighted by atomic mass is 10.5. The van der Waals surface area contributed by atoms with E-state index in [2.05, 4.69) is 4.98 Å². The van der Waals surface area contributed by atoms with Gasteiger partial charge in [0.25, 0.3) is 0 Å². The molecule has 0 fully saturated rings. The molecule has 5 nitrogen and oxygen atoms in total. The molecule has 0 spiro atoms. The quantitative estimate of drug-likeness (QED) is 0.765. The lowest BCUT2D eigenvalue weighted by Gasteiger charge is -2.02. The Morgan fingerprint density at radius 1 is 1.77 bits per heavy atom. The van der Waals surface area contributed by atoms with Crippen molar-refractivity contribution in [2.45, 2.75) is 26.6 Å². The Hall–Kier alpha value is -1.36. The number of carboxylic acid groups (broad SMARTS) is 1. The van der Waals surface area contributed by atoms with Gasteiger partial charge < -0.3 is 14.3 Å². The van der Waals surface area contributed by atoms with Gasteiger partial charge in [0.05, 0.1) is 6.10 Å². The highest BCUT2D eigenvalue weighted by molar-refractivity contribution is 5.84. The predicted octanol–water partition coefficient (Wildman–Crippen LogP) is 1.30. The molecule has 0 atom stereocenters. The molecule has 13 heavy (non-hydrogen) atoms. The van der Waals surface area contributed by atoms with Gasteiger partial charge in [-0.2, -0.15) is 0 Å². The minimum atomic E-state index is -1.10. The van der Waals surface area contributed by atoms with Crippen LogP contribution in [0.25, 0.3) is 0 Å². The Balaban J connectivity index is 2.54. The second kappa shape index (κ2) is 4.04. The van der Waals surface area contributed by atoms with Gasteiger partial charge in [-0.05, 0) is 13.8 Å². The van der Waals surface area contributed by atoms with Gasteiger partial charge in [-0.15, -0.1) is 0 Å². The highest BCUT2D eigenvalue weighted by Crippen LogP contribution is 2.04. The van der Waals surface area contributed by atoms with E-state index in [1.54, 1.807) is 0 Å². The van der Waals surface area contributed by atoms with Crippen molar-refractivity contribution in [1.29, 1.82) is 0 Å². The molecule has 5 heteroatoms. The normalized spacial score (nSPS) is 10.7. The highest BCUT2D eigenvalue weighted by Gasteiger charge is 2.10. The summed E-state index contributed by atoms with van der Waals surface area (Å²) < 4.78 is 10.0. The molecule has 0 aliphatic heterocycles. The zero-order valence-electron chi connectivity index (χ0n) is 7.48. The first-order chi connectivity index (χ1) is 6.09. The van der Waals surface area contributed by atoms with Gasteiger partial charge in [0.2, 0.25) is 5.89 Å². The van der Waals surface area contributed by atoms with Crippen molar-refractivity contribution in [2.24, 2.45) is 0 Å². The smallest absolute Gasteiger partial charge is 0.357 e. The number of hydrogen-bond acceptors (Lipinski definition) is 4. The van der Waals surface area contributed by atoms with Crippen molar-refractivity contribution in [3.8, 4) is 0 Å². The molecule has 0 amide bonds. The first-order valence-corrected chi connectivity index (χ1v) is 3.89. The van der Waals surface area contributed by atoms with Crippen LogP contribution in [0, 0.1) is 0 Å². The molecule has 1 rings (SSSR count). The van der Waals surface area contributed by atoms with E-state index in [0.717, 1.165) is 6.26 Å². The van der Waals surface area contributed by atoms with Crippen LogP contribution in [-0.4, -0.2) is 22.2 Å². The summed E-state index contributed by atoms with van der Waals surface area (Å²) in [5.41, 5.74) is -0.0950. The van der Waals surface area contributed by atoms with E-state index in [1.165, 1.54) is 0 Å². The maximum atomic E-state index is 10.4. The van der Waals surface area contributed by atoms with Gasteiger partial charge in [0.1, 0.15) is 12.9 Å². The number of aromatic nitrogens is 1. The van der Waals surface area contributed by atoms with Gasteiger partial charge in [-0.25, -0.2) is 9.78 Å². The molecule has 0 aliphatic carbocycles. The maximum absolute atomic E-state index is 10.4. The number of rotatable bonds is 4. The van der Waals surface area contributed by atoms with Crippen LogP contribution in [0.5, 0.6) is 0 Å². The van der Waals surface area contributed by atoms with Crippen LogP contribution >= 0.6 is 0 Å². The molecular formula is C8H11NO4. The van der Waals surface area contributed by atoms with Gasteiger partial charge in [0.15, 0.2) is 5.69 Å². The topological polar surface area (TPSA) is 72.6 Å². The summed E-state index contributed by atoms with van der Waals surface area (Å²) in [4.78, 5) is 14.1. The number of hydrogen-bond donors (Lipinski definition) is 1. The minimum Gasteiger partial charge on any atom is -0.476 e. The third-order valence-electron chi connectivity index (χ3n) is 1.31. The van der Waals surface area contributed by atoms with Gasteiger partial charge in [-0.3, -0.25) is 0 Å². The maximum Gasteiger partial charge on any atom is 0.357 e. The van der Waals surface area contributed by atoms with E-state index in [1.807, 2.05) is 13.8 Å². The average Bonchev–Trinajstić information content (AvgIpc) is 2.48. The molecule has 0 saturated carbocycles. The predicted molar refractivity (Wildman–Crippen MR) is 43.4 cm³/mol. The molecule has 0 aromatic carbocycles. The van der Waals surface area contributed by atoms with Crippen molar-refractivity contribution >= 4 is 5.97 Å². The molecule has 1 aromatic rings. The van der Waals surface area contributed by atoms with Crippen molar-refractivity contribution < 1.29 is 19.1 Å². The van der Waals surface area contributed by atoms with Crippen molar-refractivity contribution in [3.63, 3.8) is 0 Å². The highest BCUT2D eigenvalue weighted by atomic mass is 16.5. The summed E-state index contributed by atoms with van der Waals surface area (Å²) in [6.07, 6.45) is 1.17. The summed E-state index contributed by atoms with van der Waals surface area (Å²) >= 11 is 0. The molecule has 0 aliphatic rings. The number of oxazole rings is 1. The fourth-order valence-electron chi connectivity index (χ4n) is 0.713. The van der Waals surface area contributed by atoms with E-state index in [9.17, 15) is 4.79 Å².